The molecule has 0 radical (unpaired) electrons. The zero-order valence-electron chi connectivity index (χ0n) is 7.22. The smallest absolute Gasteiger partial charge is 0.0433 e. The molecule has 0 aliphatic carbocycles. The first kappa shape index (κ1) is 9.70. The van der Waals surface area contributed by atoms with Crippen LogP contribution in [0.1, 0.15) is 33.6 Å². The molecule has 60 valence electrons. The van der Waals surface area contributed by atoms with E-state index in [1.54, 1.807) is 0 Å². The van der Waals surface area contributed by atoms with Gasteiger partial charge < -0.3 is 5.11 Å². The first-order chi connectivity index (χ1) is 4.56. The normalized spacial score (nSPS) is 12.8. The van der Waals surface area contributed by atoms with Crippen molar-refractivity contribution in [2.75, 3.05) is 6.61 Å². The van der Waals surface area contributed by atoms with E-state index in [2.05, 4.69) is 32.9 Å². The Morgan fingerprint density at radius 2 is 1.90 bits per heavy atom. The van der Waals surface area contributed by atoms with Gasteiger partial charge in [0.2, 0.25) is 0 Å². The number of hydrogen-bond acceptors (Lipinski definition) is 1. The number of aliphatic hydroxyl groups is 1. The Balaban J connectivity index is 3.37. The second kappa shape index (κ2) is 4.51. The van der Waals surface area contributed by atoms with Crippen LogP contribution in [0.5, 0.6) is 0 Å². The van der Waals surface area contributed by atoms with Gasteiger partial charge in [-0.1, -0.05) is 32.9 Å². The Hall–Kier alpha value is -0.300. The van der Waals surface area contributed by atoms with Crippen LogP contribution in [-0.2, 0) is 0 Å². The molecule has 10 heavy (non-hydrogen) atoms. The lowest BCUT2D eigenvalue weighted by atomic mass is 9.96. The van der Waals surface area contributed by atoms with Crippen LogP contribution >= 0.6 is 0 Å². The third-order valence-corrected chi connectivity index (χ3v) is 1.15. The van der Waals surface area contributed by atoms with Crippen LogP contribution in [0, 0.1) is 5.41 Å². The van der Waals surface area contributed by atoms with E-state index in [0.29, 0.717) is 6.61 Å². The van der Waals surface area contributed by atoms with Crippen molar-refractivity contribution in [2.24, 2.45) is 5.41 Å². The van der Waals surface area contributed by atoms with Gasteiger partial charge in [0.25, 0.3) is 0 Å². The maximum atomic E-state index is 8.46. The van der Waals surface area contributed by atoms with Gasteiger partial charge >= 0.3 is 0 Å². The minimum Gasteiger partial charge on any atom is -0.396 e. The van der Waals surface area contributed by atoms with Crippen LogP contribution in [0.2, 0.25) is 0 Å². The maximum absolute atomic E-state index is 8.46. The predicted molar refractivity (Wildman–Crippen MR) is 44.9 cm³/mol. The van der Waals surface area contributed by atoms with Crippen LogP contribution < -0.4 is 0 Å². The summed E-state index contributed by atoms with van der Waals surface area (Å²) in [5.41, 5.74) is 0.287. The molecule has 0 unspecified atom stereocenters. The molecule has 0 amide bonds. The van der Waals surface area contributed by atoms with Crippen LogP contribution in [0.25, 0.3) is 0 Å². The third kappa shape index (κ3) is 7.70. The van der Waals surface area contributed by atoms with E-state index in [9.17, 15) is 0 Å². The molecular formula is C9H18O. The van der Waals surface area contributed by atoms with Gasteiger partial charge in [0.1, 0.15) is 0 Å². The summed E-state index contributed by atoms with van der Waals surface area (Å²) in [6, 6.07) is 0. The van der Waals surface area contributed by atoms with Crippen molar-refractivity contribution in [3.8, 4) is 0 Å². The zero-order valence-corrected chi connectivity index (χ0v) is 7.22. The SMILES string of the molecule is CC(C)(C)/C=C/CCCO. The van der Waals surface area contributed by atoms with E-state index in [-0.39, 0.29) is 5.41 Å². The Kier molecular flexibility index (Phi) is 4.37. The molecule has 1 nitrogen and oxygen atoms in total. The summed E-state index contributed by atoms with van der Waals surface area (Å²) in [7, 11) is 0. The number of allylic oxidation sites excluding steroid dienone is 2. The molecule has 0 saturated carbocycles. The molecule has 0 bridgehead atoms. The number of hydrogen-bond donors (Lipinski definition) is 1. The van der Waals surface area contributed by atoms with Crippen molar-refractivity contribution in [3.05, 3.63) is 12.2 Å². The van der Waals surface area contributed by atoms with Gasteiger partial charge in [0.05, 0.1) is 0 Å². The van der Waals surface area contributed by atoms with Gasteiger partial charge in [-0.2, -0.15) is 0 Å². The van der Waals surface area contributed by atoms with E-state index in [1.165, 1.54) is 0 Å². The molecular weight excluding hydrogens is 124 g/mol. The average Bonchev–Trinajstić information content (AvgIpc) is 1.78. The van der Waals surface area contributed by atoms with Gasteiger partial charge in [-0.15, -0.1) is 0 Å². The molecule has 0 spiro atoms. The highest BCUT2D eigenvalue weighted by atomic mass is 16.2. The highest BCUT2D eigenvalue weighted by molar-refractivity contribution is 4.91. The lowest BCUT2D eigenvalue weighted by Gasteiger charge is -2.10. The molecule has 0 aromatic carbocycles. The summed E-state index contributed by atoms with van der Waals surface area (Å²) >= 11 is 0. The summed E-state index contributed by atoms with van der Waals surface area (Å²) in [4.78, 5) is 0. The third-order valence-electron chi connectivity index (χ3n) is 1.15. The number of aliphatic hydroxyl groups excluding tert-OH is 1. The standard InChI is InChI=1S/C9H18O/c1-9(2,3)7-5-4-6-8-10/h5,7,10H,4,6,8H2,1-3H3/b7-5+. The van der Waals surface area contributed by atoms with Crippen LogP contribution in [0.3, 0.4) is 0 Å². The highest BCUT2D eigenvalue weighted by Crippen LogP contribution is 2.14. The summed E-state index contributed by atoms with van der Waals surface area (Å²) < 4.78 is 0. The van der Waals surface area contributed by atoms with E-state index in [4.69, 9.17) is 5.11 Å². The van der Waals surface area contributed by atoms with Gasteiger partial charge in [-0.05, 0) is 18.3 Å². The maximum Gasteiger partial charge on any atom is 0.0433 e. The summed E-state index contributed by atoms with van der Waals surface area (Å²) in [6.45, 7) is 6.81. The molecule has 1 N–H and O–H groups in total. The molecule has 0 aliphatic rings. The number of rotatable bonds is 3. The van der Waals surface area contributed by atoms with Gasteiger partial charge in [0, 0.05) is 6.61 Å². The first-order valence-electron chi connectivity index (χ1n) is 3.85. The molecule has 0 heterocycles. The fourth-order valence-electron chi connectivity index (χ4n) is 0.646. The summed E-state index contributed by atoms with van der Waals surface area (Å²) in [6.07, 6.45) is 6.19. The van der Waals surface area contributed by atoms with Crippen molar-refractivity contribution in [1.29, 1.82) is 0 Å². The second-order valence-corrected chi connectivity index (χ2v) is 3.63. The topological polar surface area (TPSA) is 20.2 Å². The van der Waals surface area contributed by atoms with Crippen molar-refractivity contribution in [3.63, 3.8) is 0 Å². The van der Waals surface area contributed by atoms with Gasteiger partial charge in [-0.3, -0.25) is 0 Å². The molecule has 1 heteroatoms. The van der Waals surface area contributed by atoms with Crippen LogP contribution in [0.4, 0.5) is 0 Å². The molecule has 0 fully saturated rings. The first-order valence-corrected chi connectivity index (χ1v) is 3.85. The zero-order chi connectivity index (χ0) is 8.04. The minimum absolute atomic E-state index is 0.287. The van der Waals surface area contributed by atoms with Gasteiger partial charge in [0.15, 0.2) is 0 Å². The average molecular weight is 142 g/mol. The monoisotopic (exact) mass is 142 g/mol. The molecule has 0 saturated heterocycles. The Morgan fingerprint density at radius 3 is 2.30 bits per heavy atom. The molecule has 0 rings (SSSR count). The fraction of sp³-hybridized carbons (Fsp3) is 0.778. The Morgan fingerprint density at radius 1 is 1.30 bits per heavy atom. The lowest BCUT2D eigenvalue weighted by Crippen LogP contribution is -1.98. The van der Waals surface area contributed by atoms with Crippen molar-refractivity contribution in [1.82, 2.24) is 0 Å². The van der Waals surface area contributed by atoms with E-state index < -0.39 is 0 Å². The lowest BCUT2D eigenvalue weighted by molar-refractivity contribution is 0.289. The summed E-state index contributed by atoms with van der Waals surface area (Å²) in [5, 5.41) is 8.46. The second-order valence-electron chi connectivity index (χ2n) is 3.63. The van der Waals surface area contributed by atoms with Crippen LogP contribution in [0.15, 0.2) is 12.2 Å². The minimum atomic E-state index is 0.287. The molecule has 0 atom stereocenters. The quantitative estimate of drug-likeness (QED) is 0.474. The van der Waals surface area contributed by atoms with E-state index >= 15 is 0 Å². The van der Waals surface area contributed by atoms with Crippen molar-refractivity contribution in [2.45, 2.75) is 33.6 Å². The Bertz CT molecular complexity index is 97.8. The molecule has 0 aromatic heterocycles. The predicted octanol–water partition coefficient (Wildman–Crippen LogP) is 2.36. The van der Waals surface area contributed by atoms with Crippen molar-refractivity contribution >= 4 is 0 Å². The highest BCUT2D eigenvalue weighted by Gasteiger charge is 2.01. The Labute approximate surface area is 63.8 Å². The molecule has 0 aromatic rings. The molecule has 0 aliphatic heterocycles. The largest absolute Gasteiger partial charge is 0.396 e. The van der Waals surface area contributed by atoms with Crippen LogP contribution in [-0.4, -0.2) is 11.7 Å². The number of unbranched alkanes of at least 4 members (excludes halogenated alkanes) is 1. The van der Waals surface area contributed by atoms with E-state index in [0.717, 1.165) is 12.8 Å². The van der Waals surface area contributed by atoms with E-state index in [1.807, 2.05) is 0 Å². The van der Waals surface area contributed by atoms with Crippen molar-refractivity contribution < 1.29 is 5.11 Å². The summed E-state index contributed by atoms with van der Waals surface area (Å²) in [5.74, 6) is 0. The fourth-order valence-corrected chi connectivity index (χ4v) is 0.646. The van der Waals surface area contributed by atoms with Gasteiger partial charge in [-0.25, -0.2) is 0 Å².